The molecule has 0 bridgehead atoms. The first kappa shape index (κ1) is 35.9. The van der Waals surface area contributed by atoms with Crippen LogP contribution in [0.25, 0.3) is 0 Å². The summed E-state index contributed by atoms with van der Waals surface area (Å²) in [6, 6.07) is 0. The Morgan fingerprint density at radius 2 is 1.00 bits per heavy atom. The Hall–Kier alpha value is 2.10. The van der Waals surface area contributed by atoms with Gasteiger partial charge in [0.1, 0.15) is 0 Å². The van der Waals surface area contributed by atoms with E-state index >= 15 is 0 Å². The molecule has 0 spiro atoms. The third kappa shape index (κ3) is 8.93. The number of hydrogen-bond donors (Lipinski definition) is 0. The molecule has 0 aliphatic rings. The standard InChI is InChI=1S/B.Nb.Ti.V. The minimum atomic E-state index is 0. The van der Waals surface area contributed by atoms with E-state index in [0.29, 0.717) is 0 Å². The van der Waals surface area contributed by atoms with Crippen LogP contribution in [0.3, 0.4) is 0 Å². The third-order valence-corrected chi connectivity index (χ3v) is 0. The van der Waals surface area contributed by atoms with Gasteiger partial charge in [-0.2, -0.15) is 0 Å². The van der Waals surface area contributed by atoms with Crippen LogP contribution in [0.15, 0.2) is 0 Å². The van der Waals surface area contributed by atoms with Crippen molar-refractivity contribution in [2.75, 3.05) is 0 Å². The first-order chi connectivity index (χ1) is 0. The van der Waals surface area contributed by atoms with Crippen molar-refractivity contribution in [3.63, 3.8) is 0 Å². The van der Waals surface area contributed by atoms with Crippen LogP contribution in [0.1, 0.15) is 0 Å². The normalized spacial score (nSPS) is 0. The van der Waals surface area contributed by atoms with Crippen molar-refractivity contribution in [3.8, 4) is 0 Å². The van der Waals surface area contributed by atoms with E-state index < -0.39 is 0 Å². The summed E-state index contributed by atoms with van der Waals surface area (Å²) in [5.74, 6) is 0. The molecule has 4 heteroatoms. The summed E-state index contributed by atoms with van der Waals surface area (Å²) in [7, 11) is 0. The molecule has 0 aliphatic heterocycles. The van der Waals surface area contributed by atoms with Gasteiger partial charge in [-0.3, -0.25) is 0 Å². The van der Waals surface area contributed by atoms with Crippen LogP contribution < -0.4 is 0 Å². The quantitative estimate of drug-likeness (QED) is 0.470. The Morgan fingerprint density at radius 1 is 1.00 bits per heavy atom. The molecule has 0 saturated heterocycles. The zero-order chi connectivity index (χ0) is 0. The van der Waals surface area contributed by atoms with Crippen molar-refractivity contribution in [2.24, 2.45) is 0 Å². The second-order valence-corrected chi connectivity index (χ2v) is 0. The minimum Gasteiger partial charge on any atom is 0 e. The first-order valence-corrected chi connectivity index (χ1v) is 0. The molecule has 0 unspecified atom stereocenters. The molecule has 17 valence electrons. The molecule has 0 aliphatic carbocycles. The van der Waals surface area contributed by atoms with Crippen molar-refractivity contribution >= 4 is 8.41 Å². The van der Waals surface area contributed by atoms with Gasteiger partial charge in [0, 0.05) is 71.1 Å². The Bertz CT molecular complexity index is 8.00. The molecule has 4 heavy (non-hydrogen) atoms. The van der Waals surface area contributed by atoms with Crippen molar-refractivity contribution in [1.82, 2.24) is 0 Å². The fourth-order valence-corrected chi connectivity index (χ4v) is 0. The van der Waals surface area contributed by atoms with Crippen molar-refractivity contribution in [1.29, 1.82) is 0 Å². The Kier molecular flexibility index (Phi) is 174. The molecule has 0 aromatic heterocycles. The van der Waals surface area contributed by atoms with Gasteiger partial charge in [0.15, 0.2) is 0 Å². The summed E-state index contributed by atoms with van der Waals surface area (Å²) in [4.78, 5) is 0. The Labute approximate surface area is 70.3 Å². The van der Waals surface area contributed by atoms with Gasteiger partial charge in [0.25, 0.3) is 0 Å². The summed E-state index contributed by atoms with van der Waals surface area (Å²) in [6.07, 6.45) is 0. The third-order valence-electron chi connectivity index (χ3n) is 0. The number of rotatable bonds is 0. The summed E-state index contributed by atoms with van der Waals surface area (Å²) in [6.45, 7) is 0. The predicted molar refractivity (Wildman–Crippen MR) is 5.75 cm³/mol. The van der Waals surface area contributed by atoms with E-state index in [2.05, 4.69) is 0 Å². The minimum absolute atomic E-state index is 0. The van der Waals surface area contributed by atoms with E-state index in [0.717, 1.165) is 0 Å². The zero-order valence-corrected chi connectivity index (χ0v) is 7.13. The summed E-state index contributed by atoms with van der Waals surface area (Å²) >= 11 is 0. The van der Waals surface area contributed by atoms with Gasteiger partial charge in [-0.1, -0.05) is 0 Å². The molecule has 5 radical (unpaired) electrons. The van der Waals surface area contributed by atoms with E-state index in [1.54, 1.807) is 0 Å². The Morgan fingerprint density at radius 3 is 1.00 bits per heavy atom. The molecule has 0 heterocycles. The SMILES string of the molecule is [B].[Nb].[Ti].[V]. The van der Waals surface area contributed by atoms with Crippen molar-refractivity contribution < 1.29 is 62.7 Å². The molecular weight excluding hydrogens is 203 g/mol. The molecule has 0 rings (SSSR count). The summed E-state index contributed by atoms with van der Waals surface area (Å²) in [5, 5.41) is 0. The van der Waals surface area contributed by atoms with Gasteiger partial charge in [0.2, 0.25) is 0 Å². The van der Waals surface area contributed by atoms with E-state index in [4.69, 9.17) is 0 Å². The van der Waals surface area contributed by atoms with E-state index in [9.17, 15) is 0 Å². The van der Waals surface area contributed by atoms with Crippen molar-refractivity contribution in [2.45, 2.75) is 0 Å². The molecule has 0 fully saturated rings. The molecule has 0 amide bonds. The van der Waals surface area contributed by atoms with Gasteiger partial charge in [-0.25, -0.2) is 0 Å². The van der Waals surface area contributed by atoms with Crippen LogP contribution in [0.5, 0.6) is 0 Å². The maximum Gasteiger partial charge on any atom is 0 e. The average molecular weight is 203 g/mol. The number of hydrogen-bond acceptors (Lipinski definition) is 0. The van der Waals surface area contributed by atoms with Crippen LogP contribution in [0, 0.1) is 0 Å². The second kappa shape index (κ2) is 19.4. The molecule has 0 aromatic carbocycles. The van der Waals surface area contributed by atoms with Gasteiger partial charge in [-0.15, -0.1) is 0 Å². The topological polar surface area (TPSA) is 0 Å². The zero-order valence-electron chi connectivity index (χ0n) is 1.97. The van der Waals surface area contributed by atoms with Crippen LogP contribution in [0.2, 0.25) is 0 Å². The van der Waals surface area contributed by atoms with Gasteiger partial charge >= 0.3 is 0 Å². The smallest absolute Gasteiger partial charge is 0 e. The maximum atomic E-state index is 0. The summed E-state index contributed by atoms with van der Waals surface area (Å²) in [5.41, 5.74) is 0. The molecule has 0 N–H and O–H groups in total. The van der Waals surface area contributed by atoms with Gasteiger partial charge < -0.3 is 0 Å². The van der Waals surface area contributed by atoms with Crippen LogP contribution in [-0.2, 0) is 62.7 Å². The monoisotopic (exact) mass is 203 g/mol. The molecular formula is BNbTiV. The molecule has 0 nitrogen and oxygen atoms in total. The molecule has 0 saturated carbocycles. The van der Waals surface area contributed by atoms with E-state index in [-0.39, 0.29) is 71.1 Å². The van der Waals surface area contributed by atoms with Crippen molar-refractivity contribution in [3.05, 3.63) is 0 Å². The van der Waals surface area contributed by atoms with Crippen LogP contribution >= 0.6 is 0 Å². The largest absolute Gasteiger partial charge is 0 e. The summed E-state index contributed by atoms with van der Waals surface area (Å²) < 4.78 is 0. The second-order valence-electron chi connectivity index (χ2n) is 0. The van der Waals surface area contributed by atoms with Crippen LogP contribution in [-0.4, -0.2) is 8.41 Å². The predicted octanol–water partition coefficient (Wildman–Crippen LogP) is -0.388. The van der Waals surface area contributed by atoms with E-state index in [1.807, 2.05) is 0 Å². The Balaban J connectivity index is 0. The fraction of sp³-hybridized carbons (Fsp3) is 0. The van der Waals surface area contributed by atoms with E-state index in [1.165, 1.54) is 0 Å². The van der Waals surface area contributed by atoms with Gasteiger partial charge in [-0.05, 0) is 0 Å². The molecule has 0 aromatic rings. The maximum absolute atomic E-state index is 0. The van der Waals surface area contributed by atoms with Crippen LogP contribution in [0.4, 0.5) is 0 Å². The first-order valence-electron chi connectivity index (χ1n) is 0. The average Bonchev–Trinajstić information content (AvgIpc) is 0. The molecule has 0 atom stereocenters. The van der Waals surface area contributed by atoms with Gasteiger partial charge in [0.05, 0.1) is 0 Å². The fourth-order valence-electron chi connectivity index (χ4n) is 0.